The number of benzene rings is 1. The Bertz CT molecular complexity index is 605. The van der Waals surface area contributed by atoms with Crippen molar-refractivity contribution >= 4 is 39.4 Å². The fourth-order valence-corrected chi connectivity index (χ4v) is 2.59. The molecule has 0 saturated carbocycles. The maximum Gasteiger partial charge on any atom is 0.305 e. The number of aliphatic carboxylic acids is 1. The van der Waals surface area contributed by atoms with E-state index in [1.165, 1.54) is 4.90 Å². The van der Waals surface area contributed by atoms with Crippen LogP contribution in [0.4, 0.5) is 5.69 Å². The van der Waals surface area contributed by atoms with Gasteiger partial charge in [0.15, 0.2) is 0 Å². The zero-order chi connectivity index (χ0) is 15.6. The third kappa shape index (κ3) is 3.33. The summed E-state index contributed by atoms with van der Waals surface area (Å²) in [5, 5.41) is 11.5. The van der Waals surface area contributed by atoms with Gasteiger partial charge in [-0.2, -0.15) is 0 Å². The van der Waals surface area contributed by atoms with E-state index >= 15 is 0 Å². The van der Waals surface area contributed by atoms with Crippen LogP contribution >= 0.6 is 15.9 Å². The van der Waals surface area contributed by atoms with Gasteiger partial charge in [0, 0.05) is 23.2 Å². The van der Waals surface area contributed by atoms with Gasteiger partial charge in [-0.3, -0.25) is 14.4 Å². The molecule has 1 aromatic rings. The van der Waals surface area contributed by atoms with Crippen molar-refractivity contribution in [2.45, 2.75) is 12.5 Å². The van der Waals surface area contributed by atoms with E-state index in [1.54, 1.807) is 18.2 Å². The molecule has 1 heterocycles. The van der Waals surface area contributed by atoms with Crippen molar-refractivity contribution < 1.29 is 19.5 Å². The highest BCUT2D eigenvalue weighted by atomic mass is 79.9. The van der Waals surface area contributed by atoms with Crippen molar-refractivity contribution in [2.24, 2.45) is 0 Å². The van der Waals surface area contributed by atoms with Crippen LogP contribution in [-0.2, 0) is 9.59 Å². The van der Waals surface area contributed by atoms with Crippen molar-refractivity contribution in [1.82, 2.24) is 10.2 Å². The van der Waals surface area contributed by atoms with Crippen LogP contribution in [0.15, 0.2) is 22.7 Å². The molecule has 2 rings (SSSR count). The zero-order valence-corrected chi connectivity index (χ0v) is 12.6. The van der Waals surface area contributed by atoms with Gasteiger partial charge in [0.05, 0.1) is 12.0 Å². The molecule has 112 valence electrons. The van der Waals surface area contributed by atoms with E-state index in [1.807, 2.05) is 0 Å². The van der Waals surface area contributed by atoms with Gasteiger partial charge in [-0.05, 0) is 18.2 Å². The zero-order valence-electron chi connectivity index (χ0n) is 11.0. The molecular weight excluding hydrogens is 342 g/mol. The first-order chi connectivity index (χ1) is 9.90. The molecule has 1 aliphatic heterocycles. The number of piperazine rings is 1. The minimum atomic E-state index is -1.14. The Hall–Kier alpha value is -2.09. The maximum absolute atomic E-state index is 12.5. The summed E-state index contributed by atoms with van der Waals surface area (Å²) in [6, 6.07) is 3.78. The lowest BCUT2D eigenvalue weighted by atomic mass is 10.1. The summed E-state index contributed by atoms with van der Waals surface area (Å²) in [7, 11) is 0. The smallest absolute Gasteiger partial charge is 0.305 e. The highest BCUT2D eigenvalue weighted by Crippen LogP contribution is 2.22. The number of hydrogen-bond donors (Lipinski definition) is 3. The number of nitrogens with two attached hydrogens (primary N) is 1. The Morgan fingerprint density at radius 1 is 1.48 bits per heavy atom. The average Bonchev–Trinajstić information content (AvgIpc) is 2.40. The highest BCUT2D eigenvalue weighted by molar-refractivity contribution is 9.10. The molecule has 0 spiro atoms. The van der Waals surface area contributed by atoms with E-state index in [0.717, 1.165) is 4.47 Å². The minimum absolute atomic E-state index is 0.248. The molecule has 0 aliphatic carbocycles. The highest BCUT2D eigenvalue weighted by Gasteiger charge is 2.35. The second-order valence-corrected chi connectivity index (χ2v) is 5.55. The molecule has 1 atom stereocenters. The molecule has 1 aliphatic rings. The first-order valence-corrected chi connectivity index (χ1v) is 7.05. The number of nitrogens with one attached hydrogen (secondary N) is 1. The summed E-state index contributed by atoms with van der Waals surface area (Å²) in [5.74, 6) is -2.05. The average molecular weight is 356 g/mol. The standard InChI is InChI=1S/C13H14BrN3O4/c14-7-1-2-8(9(15)5-7)13(21)17-4-3-16-12(20)10(17)6-11(18)19/h1-2,5,10H,3-4,6,15H2,(H,16,20)(H,18,19). The molecule has 1 saturated heterocycles. The summed E-state index contributed by atoms with van der Waals surface area (Å²) >= 11 is 3.25. The Kier molecular flexibility index (Phi) is 4.46. The number of carboxylic acid groups (broad SMARTS) is 1. The first kappa shape index (κ1) is 15.3. The van der Waals surface area contributed by atoms with E-state index in [4.69, 9.17) is 10.8 Å². The molecule has 0 bridgehead atoms. The third-order valence-corrected chi connectivity index (χ3v) is 3.70. The second-order valence-electron chi connectivity index (χ2n) is 4.63. The molecule has 8 heteroatoms. The van der Waals surface area contributed by atoms with Gasteiger partial charge >= 0.3 is 5.97 Å². The SMILES string of the molecule is Nc1cc(Br)ccc1C(=O)N1CCNC(=O)C1CC(=O)O. The van der Waals surface area contributed by atoms with Gasteiger partial charge < -0.3 is 21.1 Å². The third-order valence-electron chi connectivity index (χ3n) is 3.20. The van der Waals surface area contributed by atoms with Crippen LogP contribution < -0.4 is 11.1 Å². The van der Waals surface area contributed by atoms with Crippen LogP contribution in [-0.4, -0.2) is 46.9 Å². The molecule has 1 aromatic carbocycles. The van der Waals surface area contributed by atoms with Crippen LogP contribution in [0.3, 0.4) is 0 Å². The summed E-state index contributed by atoms with van der Waals surface area (Å²) in [4.78, 5) is 36.5. The lowest BCUT2D eigenvalue weighted by molar-refractivity contribution is -0.142. The summed E-state index contributed by atoms with van der Waals surface area (Å²) in [6.45, 7) is 0.537. The van der Waals surface area contributed by atoms with Gasteiger partial charge in [0.1, 0.15) is 6.04 Å². The molecule has 1 fully saturated rings. The van der Waals surface area contributed by atoms with Crippen molar-refractivity contribution in [3.05, 3.63) is 28.2 Å². The van der Waals surface area contributed by atoms with Gasteiger partial charge in [0.2, 0.25) is 5.91 Å². The van der Waals surface area contributed by atoms with Crippen molar-refractivity contribution in [3.8, 4) is 0 Å². The molecule has 21 heavy (non-hydrogen) atoms. The minimum Gasteiger partial charge on any atom is -0.481 e. The predicted molar refractivity (Wildman–Crippen MR) is 78.6 cm³/mol. The van der Waals surface area contributed by atoms with Crippen molar-refractivity contribution in [3.63, 3.8) is 0 Å². The van der Waals surface area contributed by atoms with E-state index in [-0.39, 0.29) is 24.3 Å². The molecule has 1 unspecified atom stereocenters. The van der Waals surface area contributed by atoms with E-state index in [2.05, 4.69) is 21.2 Å². The van der Waals surface area contributed by atoms with Gasteiger partial charge in [0.25, 0.3) is 5.91 Å². The lowest BCUT2D eigenvalue weighted by Gasteiger charge is -2.34. The summed E-state index contributed by atoms with van der Waals surface area (Å²) in [5.41, 5.74) is 6.34. The van der Waals surface area contributed by atoms with Crippen LogP contribution in [0.1, 0.15) is 16.8 Å². The van der Waals surface area contributed by atoms with E-state index < -0.39 is 30.2 Å². The Balaban J connectivity index is 2.30. The van der Waals surface area contributed by atoms with Crippen LogP contribution in [0.25, 0.3) is 0 Å². The normalized spacial score (nSPS) is 18.2. The maximum atomic E-state index is 12.5. The van der Waals surface area contributed by atoms with Gasteiger partial charge in [-0.25, -0.2) is 0 Å². The van der Waals surface area contributed by atoms with E-state index in [9.17, 15) is 14.4 Å². The number of hydrogen-bond acceptors (Lipinski definition) is 4. The summed E-state index contributed by atoms with van der Waals surface area (Å²) in [6.07, 6.45) is -0.437. The molecular formula is C13H14BrN3O4. The first-order valence-electron chi connectivity index (χ1n) is 6.25. The summed E-state index contributed by atoms with van der Waals surface area (Å²) < 4.78 is 0.732. The van der Waals surface area contributed by atoms with Gasteiger partial charge in [-0.1, -0.05) is 15.9 Å². The topological polar surface area (TPSA) is 113 Å². The van der Waals surface area contributed by atoms with E-state index in [0.29, 0.717) is 0 Å². The van der Waals surface area contributed by atoms with Crippen LogP contribution in [0.5, 0.6) is 0 Å². The molecule has 4 N–H and O–H groups in total. The predicted octanol–water partition coefficient (Wildman–Crippen LogP) is 0.447. The monoisotopic (exact) mass is 355 g/mol. The fourth-order valence-electron chi connectivity index (χ4n) is 2.21. The number of rotatable bonds is 3. The number of carboxylic acids is 1. The number of amides is 2. The van der Waals surface area contributed by atoms with Crippen LogP contribution in [0.2, 0.25) is 0 Å². The molecule has 0 aromatic heterocycles. The second kappa shape index (κ2) is 6.13. The Morgan fingerprint density at radius 2 is 2.19 bits per heavy atom. The number of carbonyl (C=O) groups excluding carboxylic acids is 2. The number of nitrogen functional groups attached to an aromatic ring is 1. The van der Waals surface area contributed by atoms with Crippen molar-refractivity contribution in [1.29, 1.82) is 0 Å². The number of halogens is 1. The molecule has 2 amide bonds. The lowest BCUT2D eigenvalue weighted by Crippen LogP contribution is -2.57. The number of carbonyl (C=O) groups is 3. The fraction of sp³-hybridized carbons (Fsp3) is 0.308. The number of anilines is 1. The Labute approximate surface area is 129 Å². The Morgan fingerprint density at radius 3 is 2.81 bits per heavy atom. The van der Waals surface area contributed by atoms with Crippen molar-refractivity contribution in [2.75, 3.05) is 18.8 Å². The molecule has 7 nitrogen and oxygen atoms in total. The number of nitrogens with zero attached hydrogens (tertiary/aromatic N) is 1. The van der Waals surface area contributed by atoms with Crippen LogP contribution in [0, 0.1) is 0 Å². The van der Waals surface area contributed by atoms with Gasteiger partial charge in [-0.15, -0.1) is 0 Å². The quantitative estimate of drug-likeness (QED) is 0.681. The largest absolute Gasteiger partial charge is 0.481 e. The molecule has 0 radical (unpaired) electrons.